The average Bonchev–Trinajstić information content (AvgIpc) is 2.82. The van der Waals surface area contributed by atoms with E-state index in [0.29, 0.717) is 29.9 Å². The van der Waals surface area contributed by atoms with Crippen molar-refractivity contribution in [2.75, 3.05) is 26.3 Å². The number of likely N-dealkylation sites (tertiary alicyclic amines) is 1. The van der Waals surface area contributed by atoms with Gasteiger partial charge in [-0.25, -0.2) is 4.98 Å². The van der Waals surface area contributed by atoms with E-state index in [1.165, 1.54) is 0 Å². The molecule has 19 heavy (non-hydrogen) atoms. The van der Waals surface area contributed by atoms with Crippen LogP contribution in [0.2, 0.25) is 10.2 Å². The summed E-state index contributed by atoms with van der Waals surface area (Å²) < 4.78 is 11.5. The maximum atomic E-state index is 6.16. The molecular formula is C13H16Cl2N2O2. The summed E-state index contributed by atoms with van der Waals surface area (Å²) in [5.74, 6) is -0.413. The van der Waals surface area contributed by atoms with Crippen LogP contribution in [0.1, 0.15) is 18.5 Å². The van der Waals surface area contributed by atoms with Gasteiger partial charge in [0.15, 0.2) is 5.79 Å². The van der Waals surface area contributed by atoms with E-state index >= 15 is 0 Å². The van der Waals surface area contributed by atoms with Crippen molar-refractivity contribution in [3.8, 4) is 0 Å². The number of halogens is 2. The second kappa shape index (κ2) is 5.54. The van der Waals surface area contributed by atoms with Gasteiger partial charge in [-0.1, -0.05) is 23.2 Å². The Morgan fingerprint density at radius 2 is 2.05 bits per heavy atom. The van der Waals surface area contributed by atoms with Crippen LogP contribution in [0, 0.1) is 0 Å². The van der Waals surface area contributed by atoms with E-state index in [2.05, 4.69) is 9.88 Å². The Morgan fingerprint density at radius 3 is 2.84 bits per heavy atom. The fourth-order valence-electron chi connectivity index (χ4n) is 2.72. The highest BCUT2D eigenvalue weighted by Crippen LogP contribution is 2.31. The van der Waals surface area contributed by atoms with Crippen molar-refractivity contribution >= 4 is 23.2 Å². The molecular weight excluding hydrogens is 287 g/mol. The molecule has 4 nitrogen and oxygen atoms in total. The summed E-state index contributed by atoms with van der Waals surface area (Å²) in [6, 6.07) is 3.49. The normalized spacial score (nSPS) is 23.1. The standard InChI is InChI=1S/C13H16Cl2N2O2/c14-10-2-3-12(15)16-11(10)8-17-5-1-4-13(9-17)18-6-7-19-13/h2-3H,1,4-9H2. The molecule has 2 aliphatic heterocycles. The molecule has 1 aromatic heterocycles. The van der Waals surface area contributed by atoms with Gasteiger partial charge in [0.1, 0.15) is 5.15 Å². The minimum Gasteiger partial charge on any atom is -0.346 e. The van der Waals surface area contributed by atoms with Crippen molar-refractivity contribution < 1.29 is 9.47 Å². The zero-order valence-corrected chi connectivity index (χ0v) is 12.1. The number of aromatic nitrogens is 1. The third-order valence-electron chi connectivity index (χ3n) is 3.57. The first-order valence-electron chi connectivity index (χ1n) is 6.48. The number of nitrogens with zero attached hydrogens (tertiary/aromatic N) is 2. The second-order valence-electron chi connectivity index (χ2n) is 4.98. The monoisotopic (exact) mass is 302 g/mol. The molecule has 0 radical (unpaired) electrons. The maximum Gasteiger partial charge on any atom is 0.181 e. The first kappa shape index (κ1) is 13.6. The molecule has 0 amide bonds. The lowest BCUT2D eigenvalue weighted by Gasteiger charge is -2.38. The van der Waals surface area contributed by atoms with Crippen molar-refractivity contribution in [1.29, 1.82) is 0 Å². The zero-order chi connectivity index (χ0) is 13.3. The number of pyridine rings is 1. The van der Waals surface area contributed by atoms with Gasteiger partial charge in [0.05, 0.1) is 30.5 Å². The Balaban J connectivity index is 1.70. The molecule has 2 saturated heterocycles. The summed E-state index contributed by atoms with van der Waals surface area (Å²) in [6.45, 7) is 3.80. The lowest BCUT2D eigenvalue weighted by atomic mass is 10.0. The van der Waals surface area contributed by atoms with Crippen LogP contribution in [0.4, 0.5) is 0 Å². The van der Waals surface area contributed by atoms with E-state index in [4.69, 9.17) is 32.7 Å². The Labute approximate surface area is 122 Å². The van der Waals surface area contributed by atoms with Gasteiger partial charge >= 0.3 is 0 Å². The van der Waals surface area contributed by atoms with E-state index in [0.717, 1.165) is 31.6 Å². The van der Waals surface area contributed by atoms with Gasteiger partial charge in [-0.3, -0.25) is 4.90 Å². The van der Waals surface area contributed by atoms with Gasteiger partial charge in [-0.15, -0.1) is 0 Å². The van der Waals surface area contributed by atoms with Crippen LogP contribution in [-0.4, -0.2) is 42.0 Å². The van der Waals surface area contributed by atoms with Crippen LogP contribution in [0.5, 0.6) is 0 Å². The molecule has 3 heterocycles. The van der Waals surface area contributed by atoms with E-state index in [1.807, 2.05) is 0 Å². The minimum atomic E-state index is -0.413. The fraction of sp³-hybridized carbons (Fsp3) is 0.615. The highest BCUT2D eigenvalue weighted by Gasteiger charge is 2.40. The van der Waals surface area contributed by atoms with Crippen LogP contribution < -0.4 is 0 Å². The summed E-state index contributed by atoms with van der Waals surface area (Å²) in [6.07, 6.45) is 2.01. The van der Waals surface area contributed by atoms with Gasteiger partial charge in [0, 0.05) is 13.0 Å². The molecule has 3 rings (SSSR count). The number of hydrogen-bond acceptors (Lipinski definition) is 4. The van der Waals surface area contributed by atoms with Gasteiger partial charge < -0.3 is 9.47 Å². The third kappa shape index (κ3) is 3.03. The summed E-state index contributed by atoms with van der Waals surface area (Å²) in [5, 5.41) is 1.12. The molecule has 0 aromatic carbocycles. The zero-order valence-electron chi connectivity index (χ0n) is 10.6. The van der Waals surface area contributed by atoms with Gasteiger partial charge in [0.2, 0.25) is 0 Å². The molecule has 0 bridgehead atoms. The highest BCUT2D eigenvalue weighted by molar-refractivity contribution is 6.32. The SMILES string of the molecule is Clc1ccc(Cl)c(CN2CCCC3(C2)OCCO3)n1. The van der Waals surface area contributed by atoms with Crippen LogP contribution >= 0.6 is 23.2 Å². The van der Waals surface area contributed by atoms with Crippen LogP contribution in [-0.2, 0) is 16.0 Å². The van der Waals surface area contributed by atoms with Crippen molar-refractivity contribution in [3.05, 3.63) is 28.0 Å². The summed E-state index contributed by atoms with van der Waals surface area (Å²) in [4.78, 5) is 6.56. The van der Waals surface area contributed by atoms with Crippen LogP contribution in [0.25, 0.3) is 0 Å². The van der Waals surface area contributed by atoms with Crippen molar-refractivity contribution in [2.45, 2.75) is 25.2 Å². The molecule has 0 N–H and O–H groups in total. The molecule has 0 saturated carbocycles. The molecule has 1 spiro atoms. The fourth-order valence-corrected chi connectivity index (χ4v) is 3.05. The molecule has 0 aliphatic carbocycles. The summed E-state index contributed by atoms with van der Waals surface area (Å²) in [7, 11) is 0. The molecule has 2 fully saturated rings. The molecule has 0 unspecified atom stereocenters. The maximum absolute atomic E-state index is 6.16. The van der Waals surface area contributed by atoms with Crippen molar-refractivity contribution in [2.24, 2.45) is 0 Å². The Hall–Kier alpha value is -0.390. The van der Waals surface area contributed by atoms with E-state index in [9.17, 15) is 0 Å². The molecule has 0 atom stereocenters. The predicted molar refractivity (Wildman–Crippen MR) is 73.4 cm³/mol. The number of ether oxygens (including phenoxy) is 2. The number of piperidine rings is 1. The summed E-state index contributed by atoms with van der Waals surface area (Å²) >= 11 is 12.1. The quantitative estimate of drug-likeness (QED) is 0.787. The van der Waals surface area contributed by atoms with Gasteiger partial charge in [-0.05, 0) is 25.1 Å². The lowest BCUT2D eigenvalue weighted by Crippen LogP contribution is -2.48. The van der Waals surface area contributed by atoms with Gasteiger partial charge in [0.25, 0.3) is 0 Å². The largest absolute Gasteiger partial charge is 0.346 e. The van der Waals surface area contributed by atoms with Gasteiger partial charge in [-0.2, -0.15) is 0 Å². The lowest BCUT2D eigenvalue weighted by molar-refractivity contribution is -0.190. The smallest absolute Gasteiger partial charge is 0.181 e. The van der Waals surface area contributed by atoms with Crippen LogP contribution in [0.3, 0.4) is 0 Å². The molecule has 1 aromatic rings. The third-order valence-corrected chi connectivity index (χ3v) is 4.12. The van der Waals surface area contributed by atoms with Crippen molar-refractivity contribution in [1.82, 2.24) is 9.88 Å². The predicted octanol–water partition coefficient (Wildman–Crippen LogP) is 2.73. The average molecular weight is 303 g/mol. The van der Waals surface area contributed by atoms with E-state index < -0.39 is 5.79 Å². The highest BCUT2D eigenvalue weighted by atomic mass is 35.5. The van der Waals surface area contributed by atoms with Crippen molar-refractivity contribution in [3.63, 3.8) is 0 Å². The Bertz CT molecular complexity index is 464. The Kier molecular flexibility index (Phi) is 3.96. The van der Waals surface area contributed by atoms with Crippen LogP contribution in [0.15, 0.2) is 12.1 Å². The minimum absolute atomic E-state index is 0.413. The number of rotatable bonds is 2. The molecule has 6 heteroatoms. The topological polar surface area (TPSA) is 34.6 Å². The molecule has 2 aliphatic rings. The first-order valence-corrected chi connectivity index (χ1v) is 7.24. The Morgan fingerprint density at radius 1 is 1.26 bits per heavy atom. The first-order chi connectivity index (χ1) is 9.17. The van der Waals surface area contributed by atoms with E-state index in [1.54, 1.807) is 12.1 Å². The number of hydrogen-bond donors (Lipinski definition) is 0. The second-order valence-corrected chi connectivity index (χ2v) is 5.78. The molecule has 104 valence electrons. The van der Waals surface area contributed by atoms with E-state index in [-0.39, 0.29) is 0 Å². The summed E-state index contributed by atoms with van der Waals surface area (Å²) in [5.41, 5.74) is 0.809.